The van der Waals surface area contributed by atoms with Crippen LogP contribution in [-0.2, 0) is 16.1 Å². The average Bonchev–Trinajstić information content (AvgIpc) is 3.17. The Labute approximate surface area is 154 Å². The standard InChI is InChI=1S/C20H27N3O3/c1-15(2)23(14-16-8-4-3-5-9-16)17(24)10-13-22-18(25)20(21-19(22)26)11-6-7-12-20/h3-5,8-9,15H,6-7,10-14H2,1-2H3,(H,21,26). The van der Waals surface area contributed by atoms with Crippen LogP contribution in [0.25, 0.3) is 0 Å². The summed E-state index contributed by atoms with van der Waals surface area (Å²) in [5.41, 5.74) is 0.358. The van der Waals surface area contributed by atoms with E-state index in [9.17, 15) is 14.4 Å². The van der Waals surface area contributed by atoms with Gasteiger partial charge in [0.15, 0.2) is 0 Å². The van der Waals surface area contributed by atoms with Gasteiger partial charge < -0.3 is 10.2 Å². The molecule has 1 saturated carbocycles. The van der Waals surface area contributed by atoms with Gasteiger partial charge in [-0.05, 0) is 32.3 Å². The van der Waals surface area contributed by atoms with Crippen molar-refractivity contribution in [2.24, 2.45) is 0 Å². The second-order valence-corrected chi connectivity index (χ2v) is 7.53. The molecule has 2 aliphatic rings. The predicted octanol–water partition coefficient (Wildman–Crippen LogP) is 2.68. The molecule has 1 saturated heterocycles. The smallest absolute Gasteiger partial charge is 0.325 e. The average molecular weight is 357 g/mol. The summed E-state index contributed by atoms with van der Waals surface area (Å²) in [6, 6.07) is 9.52. The van der Waals surface area contributed by atoms with Crippen LogP contribution in [0.1, 0.15) is 51.5 Å². The fourth-order valence-electron chi connectivity index (χ4n) is 3.89. The summed E-state index contributed by atoms with van der Waals surface area (Å²) in [6.07, 6.45) is 3.47. The van der Waals surface area contributed by atoms with Crippen LogP contribution in [0.3, 0.4) is 0 Å². The Morgan fingerprint density at radius 2 is 1.85 bits per heavy atom. The number of carbonyl (C=O) groups excluding carboxylic acids is 3. The van der Waals surface area contributed by atoms with Gasteiger partial charge in [-0.3, -0.25) is 14.5 Å². The number of nitrogens with one attached hydrogen (secondary N) is 1. The molecule has 0 unspecified atom stereocenters. The largest absolute Gasteiger partial charge is 0.336 e. The number of imide groups is 1. The van der Waals surface area contributed by atoms with Gasteiger partial charge in [0.05, 0.1) is 0 Å². The van der Waals surface area contributed by atoms with E-state index in [1.165, 1.54) is 4.90 Å². The fraction of sp³-hybridized carbons (Fsp3) is 0.550. The Kier molecular flexibility index (Phi) is 5.30. The van der Waals surface area contributed by atoms with E-state index in [1.54, 1.807) is 4.90 Å². The van der Waals surface area contributed by atoms with Gasteiger partial charge in [-0.25, -0.2) is 4.79 Å². The van der Waals surface area contributed by atoms with Crippen molar-refractivity contribution >= 4 is 17.8 Å². The molecule has 1 aromatic carbocycles. The highest BCUT2D eigenvalue weighted by Gasteiger charge is 2.52. The molecule has 0 atom stereocenters. The van der Waals surface area contributed by atoms with Crippen molar-refractivity contribution in [1.29, 1.82) is 0 Å². The van der Waals surface area contributed by atoms with Gasteiger partial charge in [0.1, 0.15) is 5.54 Å². The zero-order valence-corrected chi connectivity index (χ0v) is 15.5. The Morgan fingerprint density at radius 3 is 2.46 bits per heavy atom. The van der Waals surface area contributed by atoms with Gasteiger partial charge in [-0.2, -0.15) is 0 Å². The first kappa shape index (κ1) is 18.4. The summed E-state index contributed by atoms with van der Waals surface area (Å²) in [5.74, 6) is -0.205. The van der Waals surface area contributed by atoms with Crippen molar-refractivity contribution in [3.8, 4) is 0 Å². The molecule has 0 radical (unpaired) electrons. The minimum Gasteiger partial charge on any atom is -0.336 e. The predicted molar refractivity (Wildman–Crippen MR) is 98.2 cm³/mol. The summed E-state index contributed by atoms with van der Waals surface area (Å²) in [6.45, 7) is 4.62. The molecule has 1 heterocycles. The monoisotopic (exact) mass is 357 g/mol. The molecular weight excluding hydrogens is 330 g/mol. The van der Waals surface area contributed by atoms with Crippen LogP contribution in [0, 0.1) is 0 Å². The molecule has 6 heteroatoms. The lowest BCUT2D eigenvalue weighted by molar-refractivity contribution is -0.135. The highest BCUT2D eigenvalue weighted by Crippen LogP contribution is 2.35. The van der Waals surface area contributed by atoms with E-state index in [2.05, 4.69) is 5.32 Å². The fourth-order valence-corrected chi connectivity index (χ4v) is 3.89. The number of urea groups is 1. The third-order valence-electron chi connectivity index (χ3n) is 5.39. The van der Waals surface area contributed by atoms with Gasteiger partial charge in [0.2, 0.25) is 5.91 Å². The van der Waals surface area contributed by atoms with Crippen molar-refractivity contribution < 1.29 is 14.4 Å². The maximum atomic E-state index is 12.7. The van der Waals surface area contributed by atoms with Crippen molar-refractivity contribution in [1.82, 2.24) is 15.1 Å². The van der Waals surface area contributed by atoms with Crippen molar-refractivity contribution in [2.75, 3.05) is 6.54 Å². The van der Waals surface area contributed by atoms with E-state index in [4.69, 9.17) is 0 Å². The van der Waals surface area contributed by atoms with Crippen LogP contribution in [-0.4, -0.2) is 45.8 Å². The van der Waals surface area contributed by atoms with Crippen molar-refractivity contribution in [2.45, 2.75) is 64.1 Å². The maximum Gasteiger partial charge on any atom is 0.325 e. The minimum atomic E-state index is -0.706. The molecule has 4 amide bonds. The SMILES string of the molecule is CC(C)N(Cc1ccccc1)C(=O)CCN1C(=O)NC2(CCCC2)C1=O. The number of hydrogen-bond donors (Lipinski definition) is 1. The zero-order valence-electron chi connectivity index (χ0n) is 15.5. The molecule has 26 heavy (non-hydrogen) atoms. The molecule has 1 spiro atoms. The van der Waals surface area contributed by atoms with Crippen LogP contribution in [0.5, 0.6) is 0 Å². The lowest BCUT2D eigenvalue weighted by Gasteiger charge is -2.28. The van der Waals surface area contributed by atoms with E-state index in [0.29, 0.717) is 19.4 Å². The minimum absolute atomic E-state index is 0.0446. The third-order valence-corrected chi connectivity index (χ3v) is 5.39. The van der Waals surface area contributed by atoms with Gasteiger partial charge in [0.25, 0.3) is 5.91 Å². The first-order chi connectivity index (χ1) is 12.4. The first-order valence-corrected chi connectivity index (χ1v) is 9.40. The van der Waals surface area contributed by atoms with E-state index < -0.39 is 5.54 Å². The number of rotatable bonds is 6. The number of carbonyl (C=O) groups is 3. The number of hydrogen-bond acceptors (Lipinski definition) is 3. The summed E-state index contributed by atoms with van der Waals surface area (Å²) < 4.78 is 0. The Morgan fingerprint density at radius 1 is 1.19 bits per heavy atom. The lowest BCUT2D eigenvalue weighted by atomic mass is 9.98. The van der Waals surface area contributed by atoms with Crippen LogP contribution >= 0.6 is 0 Å². The Balaban J connectivity index is 1.61. The number of nitrogens with zero attached hydrogens (tertiary/aromatic N) is 2. The third kappa shape index (κ3) is 3.59. The Bertz CT molecular complexity index is 681. The highest BCUT2D eigenvalue weighted by molar-refractivity contribution is 6.07. The molecule has 1 aliphatic heterocycles. The van der Waals surface area contributed by atoms with E-state index in [1.807, 2.05) is 44.2 Å². The van der Waals surface area contributed by atoms with Gasteiger partial charge in [-0.1, -0.05) is 43.2 Å². The molecule has 2 fully saturated rings. The summed E-state index contributed by atoms with van der Waals surface area (Å²) in [7, 11) is 0. The van der Waals surface area contributed by atoms with E-state index >= 15 is 0 Å². The summed E-state index contributed by atoms with van der Waals surface area (Å²) >= 11 is 0. The second-order valence-electron chi connectivity index (χ2n) is 7.53. The molecule has 1 N–H and O–H groups in total. The van der Waals surface area contributed by atoms with Crippen molar-refractivity contribution in [3.05, 3.63) is 35.9 Å². The molecule has 3 rings (SSSR count). The topological polar surface area (TPSA) is 69.7 Å². The molecule has 140 valence electrons. The molecule has 6 nitrogen and oxygen atoms in total. The Hall–Kier alpha value is -2.37. The molecule has 1 aromatic rings. The summed E-state index contributed by atoms with van der Waals surface area (Å²) in [4.78, 5) is 40.6. The maximum absolute atomic E-state index is 12.7. The number of benzene rings is 1. The van der Waals surface area contributed by atoms with Gasteiger partial charge >= 0.3 is 6.03 Å². The quantitative estimate of drug-likeness (QED) is 0.796. The van der Waals surface area contributed by atoms with Crippen LogP contribution in [0.15, 0.2) is 30.3 Å². The van der Waals surface area contributed by atoms with Crippen LogP contribution in [0.2, 0.25) is 0 Å². The van der Waals surface area contributed by atoms with Gasteiger partial charge in [-0.15, -0.1) is 0 Å². The second kappa shape index (κ2) is 7.48. The van der Waals surface area contributed by atoms with Crippen molar-refractivity contribution in [3.63, 3.8) is 0 Å². The summed E-state index contributed by atoms with van der Waals surface area (Å²) in [5, 5.41) is 2.86. The molecule has 0 bridgehead atoms. The number of amides is 4. The van der Waals surface area contributed by atoms with Gasteiger partial charge in [0, 0.05) is 25.6 Å². The lowest BCUT2D eigenvalue weighted by Crippen LogP contribution is -2.44. The normalized spacial score (nSPS) is 18.7. The first-order valence-electron chi connectivity index (χ1n) is 9.40. The molecule has 1 aliphatic carbocycles. The van der Waals surface area contributed by atoms with E-state index in [0.717, 1.165) is 18.4 Å². The van der Waals surface area contributed by atoms with Crippen LogP contribution in [0.4, 0.5) is 4.79 Å². The van der Waals surface area contributed by atoms with E-state index in [-0.39, 0.29) is 36.9 Å². The zero-order chi connectivity index (χ0) is 18.7. The highest BCUT2D eigenvalue weighted by atomic mass is 16.2. The van der Waals surface area contributed by atoms with Crippen LogP contribution < -0.4 is 5.32 Å². The molecular formula is C20H27N3O3. The molecule has 0 aromatic heterocycles.